The molecule has 6 heteroatoms. The van der Waals surface area contributed by atoms with Gasteiger partial charge in [0.2, 0.25) is 5.88 Å². The van der Waals surface area contributed by atoms with Crippen LogP contribution in [0.5, 0.6) is 5.88 Å². The molecule has 0 saturated heterocycles. The number of halogens is 1. The fraction of sp³-hybridized carbons (Fsp3) is 0.214. The maximum atomic E-state index is 13.2. The second kappa shape index (κ2) is 6.10. The number of hydrogen-bond donors (Lipinski definition) is 1. The third kappa shape index (κ3) is 3.28. The van der Waals surface area contributed by atoms with Crippen molar-refractivity contribution in [1.29, 1.82) is 0 Å². The molecule has 1 aromatic carbocycles. The zero-order chi connectivity index (χ0) is 14.5. The molecule has 2 rings (SSSR count). The molecule has 1 heterocycles. The van der Waals surface area contributed by atoms with Crippen molar-refractivity contribution in [3.8, 4) is 17.3 Å². The van der Waals surface area contributed by atoms with Crippen molar-refractivity contribution in [1.82, 2.24) is 9.97 Å². The van der Waals surface area contributed by atoms with E-state index in [0.717, 1.165) is 0 Å². The number of carbonyl (C=O) groups is 1. The van der Waals surface area contributed by atoms with Crippen LogP contribution in [-0.2, 0) is 11.2 Å². The van der Waals surface area contributed by atoms with Gasteiger partial charge in [-0.05, 0) is 18.6 Å². The van der Waals surface area contributed by atoms with Gasteiger partial charge in [0.1, 0.15) is 5.82 Å². The highest BCUT2D eigenvalue weighted by molar-refractivity contribution is 5.67. The Hall–Kier alpha value is -2.50. The zero-order valence-corrected chi connectivity index (χ0v) is 10.8. The van der Waals surface area contributed by atoms with Crippen LogP contribution in [0, 0.1) is 5.82 Å². The number of rotatable bonds is 5. The van der Waals surface area contributed by atoms with Crippen LogP contribution < -0.4 is 4.74 Å². The summed E-state index contributed by atoms with van der Waals surface area (Å²) in [5.41, 5.74) is 1.14. The molecule has 2 aromatic rings. The summed E-state index contributed by atoms with van der Waals surface area (Å²) in [7, 11) is 1.45. The fourth-order valence-corrected chi connectivity index (χ4v) is 1.75. The van der Waals surface area contributed by atoms with E-state index in [-0.39, 0.29) is 18.7 Å². The lowest BCUT2D eigenvalue weighted by molar-refractivity contribution is -0.136. The average Bonchev–Trinajstić information content (AvgIpc) is 2.44. The van der Waals surface area contributed by atoms with Gasteiger partial charge in [-0.15, -0.1) is 0 Å². The van der Waals surface area contributed by atoms with Crippen molar-refractivity contribution >= 4 is 5.97 Å². The van der Waals surface area contributed by atoms with Gasteiger partial charge < -0.3 is 9.84 Å². The summed E-state index contributed by atoms with van der Waals surface area (Å²) in [6.07, 6.45) is 1.76. The minimum Gasteiger partial charge on any atom is -0.481 e. The molecule has 0 atom stereocenters. The lowest BCUT2D eigenvalue weighted by Gasteiger charge is -2.08. The monoisotopic (exact) mass is 276 g/mol. The first-order chi connectivity index (χ1) is 9.60. The van der Waals surface area contributed by atoms with Crippen LogP contribution >= 0.6 is 0 Å². The van der Waals surface area contributed by atoms with Gasteiger partial charge in [0.25, 0.3) is 0 Å². The zero-order valence-electron chi connectivity index (χ0n) is 10.8. The van der Waals surface area contributed by atoms with E-state index >= 15 is 0 Å². The van der Waals surface area contributed by atoms with E-state index in [9.17, 15) is 9.18 Å². The molecule has 0 fully saturated rings. The van der Waals surface area contributed by atoms with Crippen molar-refractivity contribution in [2.75, 3.05) is 7.11 Å². The molecular weight excluding hydrogens is 263 g/mol. The number of benzene rings is 1. The van der Waals surface area contributed by atoms with Crippen molar-refractivity contribution in [2.24, 2.45) is 0 Å². The molecular formula is C14H13FN2O3. The lowest BCUT2D eigenvalue weighted by atomic mass is 10.1. The fourth-order valence-electron chi connectivity index (χ4n) is 1.75. The Balaban J connectivity index is 2.31. The highest BCUT2D eigenvalue weighted by atomic mass is 19.1. The summed E-state index contributed by atoms with van der Waals surface area (Å²) in [4.78, 5) is 18.9. The molecule has 0 amide bonds. The molecule has 5 nitrogen and oxygen atoms in total. The Morgan fingerprint density at radius 2 is 2.25 bits per heavy atom. The first-order valence-corrected chi connectivity index (χ1v) is 5.98. The van der Waals surface area contributed by atoms with Crippen LogP contribution in [0.1, 0.15) is 12.0 Å². The quantitative estimate of drug-likeness (QED) is 0.907. The smallest absolute Gasteiger partial charge is 0.303 e. The largest absolute Gasteiger partial charge is 0.481 e. The van der Waals surface area contributed by atoms with Crippen LogP contribution in [0.25, 0.3) is 11.4 Å². The number of ether oxygens (including phenoxy) is 1. The number of carboxylic acids is 1. The summed E-state index contributed by atoms with van der Waals surface area (Å²) >= 11 is 0. The van der Waals surface area contributed by atoms with Gasteiger partial charge >= 0.3 is 5.97 Å². The summed E-state index contributed by atoms with van der Waals surface area (Å²) in [5.74, 6) is -0.637. The molecule has 104 valence electrons. The van der Waals surface area contributed by atoms with Gasteiger partial charge in [-0.3, -0.25) is 4.79 Å². The van der Waals surface area contributed by atoms with E-state index in [0.29, 0.717) is 22.8 Å². The Morgan fingerprint density at radius 3 is 2.90 bits per heavy atom. The summed E-state index contributed by atoms with van der Waals surface area (Å²) in [6.45, 7) is 0. The minimum atomic E-state index is -0.902. The van der Waals surface area contributed by atoms with Gasteiger partial charge in [0.05, 0.1) is 7.11 Å². The average molecular weight is 276 g/mol. The Morgan fingerprint density at radius 1 is 1.45 bits per heavy atom. The third-order valence-electron chi connectivity index (χ3n) is 2.71. The van der Waals surface area contributed by atoms with E-state index in [1.165, 1.54) is 25.4 Å². The van der Waals surface area contributed by atoms with Crippen molar-refractivity contribution in [3.05, 3.63) is 41.8 Å². The second-order valence-corrected chi connectivity index (χ2v) is 4.13. The van der Waals surface area contributed by atoms with Gasteiger partial charge in [-0.25, -0.2) is 9.37 Å². The Labute approximate surface area is 115 Å². The number of aromatic nitrogens is 2. The Kier molecular flexibility index (Phi) is 4.24. The molecule has 20 heavy (non-hydrogen) atoms. The van der Waals surface area contributed by atoms with E-state index in [2.05, 4.69) is 9.97 Å². The summed E-state index contributed by atoms with van der Waals surface area (Å²) < 4.78 is 18.3. The van der Waals surface area contributed by atoms with Crippen LogP contribution in [0.4, 0.5) is 4.39 Å². The molecule has 0 aliphatic carbocycles. The van der Waals surface area contributed by atoms with Gasteiger partial charge in [0.15, 0.2) is 5.82 Å². The minimum absolute atomic E-state index is 0.0287. The van der Waals surface area contributed by atoms with E-state index in [1.807, 2.05) is 0 Å². The molecule has 1 N–H and O–H groups in total. The topological polar surface area (TPSA) is 72.3 Å². The predicted octanol–water partition coefficient (Wildman–Crippen LogP) is 2.31. The number of nitrogens with zero attached hydrogens (tertiary/aromatic N) is 2. The maximum Gasteiger partial charge on any atom is 0.303 e. The molecule has 0 aliphatic heterocycles. The molecule has 0 aliphatic rings. The number of aliphatic carboxylic acids is 1. The van der Waals surface area contributed by atoms with Crippen molar-refractivity contribution in [3.63, 3.8) is 0 Å². The van der Waals surface area contributed by atoms with E-state index < -0.39 is 5.97 Å². The maximum absolute atomic E-state index is 13.2. The first-order valence-electron chi connectivity index (χ1n) is 5.98. The van der Waals surface area contributed by atoms with Crippen LogP contribution in [0.15, 0.2) is 30.5 Å². The first kappa shape index (κ1) is 13.9. The Bertz CT molecular complexity index is 632. The second-order valence-electron chi connectivity index (χ2n) is 4.13. The number of hydrogen-bond acceptors (Lipinski definition) is 4. The number of aryl methyl sites for hydroxylation is 1. The van der Waals surface area contributed by atoms with Gasteiger partial charge in [-0.2, -0.15) is 4.98 Å². The van der Waals surface area contributed by atoms with Crippen molar-refractivity contribution in [2.45, 2.75) is 12.8 Å². The van der Waals surface area contributed by atoms with Crippen molar-refractivity contribution < 1.29 is 19.0 Å². The SMILES string of the molecule is COc1nc(-c2cccc(F)c2)ncc1CCC(=O)O. The van der Waals surface area contributed by atoms with E-state index in [4.69, 9.17) is 9.84 Å². The molecule has 0 saturated carbocycles. The highest BCUT2D eigenvalue weighted by Gasteiger charge is 2.11. The van der Waals surface area contributed by atoms with Crippen LogP contribution in [0.2, 0.25) is 0 Å². The summed E-state index contributed by atoms with van der Waals surface area (Å²) in [6, 6.07) is 5.92. The predicted molar refractivity (Wildman–Crippen MR) is 69.9 cm³/mol. The third-order valence-corrected chi connectivity index (χ3v) is 2.71. The highest BCUT2D eigenvalue weighted by Crippen LogP contribution is 2.22. The molecule has 1 aromatic heterocycles. The van der Waals surface area contributed by atoms with Crippen LogP contribution in [0.3, 0.4) is 0 Å². The lowest BCUT2D eigenvalue weighted by Crippen LogP contribution is -2.03. The normalized spacial score (nSPS) is 10.3. The van der Waals surface area contributed by atoms with Crippen LogP contribution in [-0.4, -0.2) is 28.2 Å². The van der Waals surface area contributed by atoms with Gasteiger partial charge in [0, 0.05) is 23.7 Å². The number of methoxy groups -OCH3 is 1. The molecule has 0 unspecified atom stereocenters. The summed E-state index contributed by atoms with van der Waals surface area (Å²) in [5, 5.41) is 8.68. The molecule has 0 radical (unpaired) electrons. The van der Waals surface area contributed by atoms with Gasteiger partial charge in [-0.1, -0.05) is 12.1 Å². The standard InChI is InChI=1S/C14H13FN2O3/c1-20-14-10(5-6-12(18)19)8-16-13(17-14)9-3-2-4-11(15)7-9/h2-4,7-8H,5-6H2,1H3,(H,18,19). The molecule has 0 bridgehead atoms. The van der Waals surface area contributed by atoms with E-state index in [1.54, 1.807) is 12.1 Å². The molecule has 0 spiro atoms. The number of carboxylic acid groups (broad SMARTS) is 1.